The number of fused-ring (bicyclic) bond motifs is 1. The summed E-state index contributed by atoms with van der Waals surface area (Å²) in [6.45, 7) is 1.90. The molecule has 1 amide bonds. The Labute approximate surface area is 160 Å². The zero-order valence-electron chi connectivity index (χ0n) is 14.3. The molecule has 0 aliphatic carbocycles. The Bertz CT molecular complexity index is 959. The molecule has 0 fully saturated rings. The molecular formula is C19H16FN3O3S. The number of anilines is 1. The maximum absolute atomic E-state index is 13.1. The summed E-state index contributed by atoms with van der Waals surface area (Å²) in [5.74, 6) is 0.502. The van der Waals surface area contributed by atoms with Crippen LogP contribution in [0.15, 0.2) is 53.7 Å². The van der Waals surface area contributed by atoms with Crippen LogP contribution in [0.1, 0.15) is 18.5 Å². The first-order chi connectivity index (χ1) is 13.0. The predicted molar refractivity (Wildman–Crippen MR) is 102 cm³/mol. The molecule has 0 spiro atoms. The fraction of sp³-hybridized carbons (Fsp3) is 0.158. The van der Waals surface area contributed by atoms with Gasteiger partial charge in [-0.05, 0) is 49.5 Å². The Morgan fingerprint density at radius 1 is 1.22 bits per heavy atom. The number of benzene rings is 2. The van der Waals surface area contributed by atoms with Crippen molar-refractivity contribution in [2.75, 3.05) is 12.1 Å². The van der Waals surface area contributed by atoms with Crippen molar-refractivity contribution < 1.29 is 18.7 Å². The van der Waals surface area contributed by atoms with Crippen molar-refractivity contribution >= 4 is 28.9 Å². The predicted octanol–water partition coefficient (Wildman–Crippen LogP) is 2.99. The third-order valence-electron chi connectivity index (χ3n) is 4.35. The van der Waals surface area contributed by atoms with Crippen LogP contribution in [0.25, 0.3) is 0 Å². The van der Waals surface area contributed by atoms with Gasteiger partial charge in [-0.25, -0.2) is 4.39 Å². The number of hydrogen-bond donors (Lipinski definition) is 3. The second-order valence-electron chi connectivity index (χ2n) is 6.11. The maximum atomic E-state index is 13.1. The molecule has 0 unspecified atom stereocenters. The van der Waals surface area contributed by atoms with Crippen LogP contribution in [-0.2, 0) is 4.79 Å². The largest absolute Gasteiger partial charge is 0.454 e. The van der Waals surface area contributed by atoms with Gasteiger partial charge in [0.05, 0.1) is 11.6 Å². The molecule has 1 atom stereocenters. The molecule has 2 aromatic carbocycles. The monoisotopic (exact) mass is 385 g/mol. The lowest BCUT2D eigenvalue weighted by Gasteiger charge is -2.30. The minimum absolute atomic E-state index is 0.127. The Morgan fingerprint density at radius 3 is 2.78 bits per heavy atom. The van der Waals surface area contributed by atoms with Crippen LogP contribution >= 0.6 is 12.2 Å². The first-order valence-electron chi connectivity index (χ1n) is 8.26. The smallest absolute Gasteiger partial charge is 0.255 e. The number of allylic oxidation sites excluding steroid dienone is 1. The van der Waals surface area contributed by atoms with E-state index in [1.54, 1.807) is 13.0 Å². The Morgan fingerprint density at radius 2 is 2.00 bits per heavy atom. The van der Waals surface area contributed by atoms with Gasteiger partial charge in [-0.2, -0.15) is 0 Å². The number of halogens is 1. The van der Waals surface area contributed by atoms with Crippen molar-refractivity contribution in [3.05, 3.63) is 65.1 Å². The van der Waals surface area contributed by atoms with E-state index >= 15 is 0 Å². The molecule has 2 aromatic rings. The van der Waals surface area contributed by atoms with E-state index < -0.39 is 6.04 Å². The number of para-hydroxylation sites is 1. The molecule has 0 bridgehead atoms. The number of carbonyl (C=O) groups is 1. The number of thiocarbonyl (C=S) groups is 1. The highest BCUT2D eigenvalue weighted by atomic mass is 32.1. The van der Waals surface area contributed by atoms with Crippen LogP contribution in [0, 0.1) is 5.82 Å². The van der Waals surface area contributed by atoms with Gasteiger partial charge >= 0.3 is 0 Å². The number of rotatable bonds is 3. The van der Waals surface area contributed by atoms with Crippen LogP contribution in [0.3, 0.4) is 0 Å². The molecule has 3 N–H and O–H groups in total. The van der Waals surface area contributed by atoms with Crippen molar-refractivity contribution in [3.8, 4) is 11.5 Å². The zero-order valence-corrected chi connectivity index (χ0v) is 15.2. The van der Waals surface area contributed by atoms with E-state index in [0.29, 0.717) is 33.6 Å². The first kappa shape index (κ1) is 17.3. The van der Waals surface area contributed by atoms with Crippen molar-refractivity contribution in [2.45, 2.75) is 13.0 Å². The second-order valence-corrected chi connectivity index (χ2v) is 6.52. The number of amides is 1. The molecule has 138 valence electrons. The van der Waals surface area contributed by atoms with Gasteiger partial charge in [-0.1, -0.05) is 12.1 Å². The molecule has 0 radical (unpaired) electrons. The minimum Gasteiger partial charge on any atom is -0.454 e. The third-order valence-corrected chi connectivity index (χ3v) is 4.57. The van der Waals surface area contributed by atoms with Crippen LogP contribution in [0.4, 0.5) is 10.1 Å². The van der Waals surface area contributed by atoms with Gasteiger partial charge in [0.15, 0.2) is 16.6 Å². The van der Waals surface area contributed by atoms with E-state index in [1.807, 2.05) is 12.1 Å². The molecule has 2 aliphatic rings. The van der Waals surface area contributed by atoms with Gasteiger partial charge < -0.3 is 25.4 Å². The molecule has 2 heterocycles. The van der Waals surface area contributed by atoms with Crippen molar-refractivity contribution in [3.63, 3.8) is 0 Å². The van der Waals surface area contributed by atoms with Crippen LogP contribution in [0.2, 0.25) is 0 Å². The van der Waals surface area contributed by atoms with Gasteiger partial charge in [0.1, 0.15) is 5.82 Å². The lowest BCUT2D eigenvalue weighted by molar-refractivity contribution is -0.113. The molecule has 8 heteroatoms. The molecule has 4 rings (SSSR count). The topological polar surface area (TPSA) is 71.6 Å². The molecule has 0 aromatic heterocycles. The summed E-state index contributed by atoms with van der Waals surface area (Å²) in [6.07, 6.45) is 0. The Hall–Kier alpha value is -3.13. The van der Waals surface area contributed by atoms with Crippen LogP contribution in [0.5, 0.6) is 11.5 Å². The summed E-state index contributed by atoms with van der Waals surface area (Å²) in [5.41, 5.74) is 2.32. The van der Waals surface area contributed by atoms with E-state index in [9.17, 15) is 9.18 Å². The van der Waals surface area contributed by atoms with Gasteiger partial charge in [0.25, 0.3) is 5.91 Å². The summed E-state index contributed by atoms with van der Waals surface area (Å²) in [6, 6.07) is 10.6. The molecular weight excluding hydrogens is 369 g/mol. The Balaban J connectivity index is 1.71. The van der Waals surface area contributed by atoms with E-state index in [2.05, 4.69) is 16.0 Å². The van der Waals surface area contributed by atoms with Crippen LogP contribution < -0.4 is 25.4 Å². The van der Waals surface area contributed by atoms with Gasteiger partial charge in [-0.3, -0.25) is 4.79 Å². The molecule has 27 heavy (non-hydrogen) atoms. The average Bonchev–Trinajstić information content (AvgIpc) is 3.11. The maximum Gasteiger partial charge on any atom is 0.255 e. The quantitative estimate of drug-likeness (QED) is 0.706. The highest BCUT2D eigenvalue weighted by Gasteiger charge is 2.33. The molecule has 0 saturated heterocycles. The van der Waals surface area contributed by atoms with Crippen molar-refractivity contribution in [1.29, 1.82) is 0 Å². The fourth-order valence-corrected chi connectivity index (χ4v) is 3.41. The highest BCUT2D eigenvalue weighted by molar-refractivity contribution is 7.80. The molecule has 2 aliphatic heterocycles. The summed E-state index contributed by atoms with van der Waals surface area (Å²) in [5, 5.41) is 9.31. The average molecular weight is 385 g/mol. The standard InChI is InChI=1S/C19H16FN3O3S/c1-10-15(18(24)22-12-7-5-11(20)6-8-12)16(23-19(27)21-10)13-3-2-4-14-17(13)26-9-25-14/h2-8,16H,9H2,1H3,(H,22,24)(H2,21,23,27)/t16-/m1/s1. The SMILES string of the molecule is CC1=C(C(=O)Nc2ccc(F)cc2)[C@@H](c2cccc3c2OCO3)NC(=S)N1. The normalized spacial score (nSPS) is 18.0. The molecule has 6 nitrogen and oxygen atoms in total. The summed E-state index contributed by atoms with van der Waals surface area (Å²) >= 11 is 5.27. The zero-order chi connectivity index (χ0) is 19.0. The van der Waals surface area contributed by atoms with Gasteiger partial charge in [-0.15, -0.1) is 0 Å². The molecule has 0 saturated carbocycles. The number of ether oxygens (including phenoxy) is 2. The van der Waals surface area contributed by atoms with Crippen molar-refractivity contribution in [2.24, 2.45) is 0 Å². The van der Waals surface area contributed by atoms with Gasteiger partial charge in [0, 0.05) is 16.9 Å². The second kappa shape index (κ2) is 6.88. The van der Waals surface area contributed by atoms with E-state index in [4.69, 9.17) is 21.7 Å². The summed E-state index contributed by atoms with van der Waals surface area (Å²) in [4.78, 5) is 13.0. The summed E-state index contributed by atoms with van der Waals surface area (Å²) in [7, 11) is 0. The number of carbonyl (C=O) groups excluding carboxylic acids is 1. The van der Waals surface area contributed by atoms with E-state index in [-0.39, 0.29) is 18.5 Å². The first-order valence-corrected chi connectivity index (χ1v) is 8.67. The van der Waals surface area contributed by atoms with E-state index in [0.717, 1.165) is 5.56 Å². The number of nitrogens with one attached hydrogen (secondary N) is 3. The van der Waals surface area contributed by atoms with E-state index in [1.165, 1.54) is 24.3 Å². The Kier molecular flexibility index (Phi) is 4.41. The minimum atomic E-state index is -0.518. The van der Waals surface area contributed by atoms with Gasteiger partial charge in [0.2, 0.25) is 6.79 Å². The third kappa shape index (κ3) is 3.31. The van der Waals surface area contributed by atoms with Crippen molar-refractivity contribution in [1.82, 2.24) is 10.6 Å². The van der Waals surface area contributed by atoms with Crippen LogP contribution in [-0.4, -0.2) is 17.8 Å². The highest BCUT2D eigenvalue weighted by Crippen LogP contribution is 2.41. The fourth-order valence-electron chi connectivity index (χ4n) is 3.14. The lowest BCUT2D eigenvalue weighted by atomic mass is 9.94. The number of hydrogen-bond acceptors (Lipinski definition) is 4. The summed E-state index contributed by atoms with van der Waals surface area (Å²) < 4.78 is 24.1. The lowest BCUT2D eigenvalue weighted by Crippen LogP contribution is -2.45.